The van der Waals surface area contributed by atoms with E-state index in [0.717, 1.165) is 11.1 Å². The summed E-state index contributed by atoms with van der Waals surface area (Å²) in [5.74, 6) is 0.989. The molecule has 1 aliphatic rings. The van der Waals surface area contributed by atoms with Crippen molar-refractivity contribution in [1.82, 2.24) is 5.32 Å². The van der Waals surface area contributed by atoms with Crippen molar-refractivity contribution in [2.75, 3.05) is 6.79 Å². The number of amides is 1. The first-order valence-corrected chi connectivity index (χ1v) is 8.02. The van der Waals surface area contributed by atoms with Crippen LogP contribution in [0.25, 0.3) is 0 Å². The third-order valence-corrected chi connectivity index (χ3v) is 3.89. The van der Waals surface area contributed by atoms with E-state index in [1.807, 2.05) is 6.07 Å². The highest BCUT2D eigenvalue weighted by Gasteiger charge is 2.21. The Labute approximate surface area is 149 Å². The van der Waals surface area contributed by atoms with E-state index in [-0.39, 0.29) is 30.7 Å². The van der Waals surface area contributed by atoms with Gasteiger partial charge in [0, 0.05) is 12.6 Å². The van der Waals surface area contributed by atoms with E-state index >= 15 is 0 Å². The molecule has 8 nitrogen and oxygen atoms in total. The molecule has 1 amide bonds. The summed E-state index contributed by atoms with van der Waals surface area (Å²) in [7, 11) is 0. The summed E-state index contributed by atoms with van der Waals surface area (Å²) < 4.78 is 16.0. The summed E-state index contributed by atoms with van der Waals surface area (Å²) in [6.45, 7) is 3.75. The molecule has 8 heteroatoms. The van der Waals surface area contributed by atoms with Gasteiger partial charge in [-0.15, -0.1) is 0 Å². The lowest BCUT2D eigenvalue weighted by Gasteiger charge is -2.15. The Kier molecular flexibility index (Phi) is 4.92. The minimum Gasteiger partial charge on any atom is -0.474 e. The molecule has 2 aromatic rings. The fourth-order valence-electron chi connectivity index (χ4n) is 2.50. The number of nitro benzene ring substituents is 1. The van der Waals surface area contributed by atoms with Gasteiger partial charge in [0.25, 0.3) is 5.91 Å². The largest absolute Gasteiger partial charge is 0.474 e. The Balaban J connectivity index is 1.61. The Hall–Kier alpha value is -3.29. The fraction of sp³-hybridized carbons (Fsp3) is 0.278. The minimum absolute atomic E-state index is 0.0614. The van der Waals surface area contributed by atoms with Crippen molar-refractivity contribution < 1.29 is 23.9 Å². The third-order valence-electron chi connectivity index (χ3n) is 3.89. The first-order chi connectivity index (χ1) is 12.4. The van der Waals surface area contributed by atoms with Gasteiger partial charge in [-0.3, -0.25) is 14.9 Å². The van der Waals surface area contributed by atoms with Crippen molar-refractivity contribution in [2.24, 2.45) is 0 Å². The topological polar surface area (TPSA) is 99.9 Å². The summed E-state index contributed by atoms with van der Waals surface area (Å²) in [4.78, 5) is 22.8. The predicted octanol–water partition coefficient (Wildman–Crippen LogP) is 2.72. The first kappa shape index (κ1) is 17.5. The van der Waals surface area contributed by atoms with Crippen molar-refractivity contribution in [1.29, 1.82) is 0 Å². The molecule has 0 unspecified atom stereocenters. The number of hydrogen-bond donors (Lipinski definition) is 1. The van der Waals surface area contributed by atoms with Gasteiger partial charge >= 0.3 is 5.69 Å². The molecule has 1 heterocycles. The first-order valence-electron chi connectivity index (χ1n) is 8.02. The minimum atomic E-state index is -0.884. The van der Waals surface area contributed by atoms with Crippen LogP contribution in [0.15, 0.2) is 36.4 Å². The van der Waals surface area contributed by atoms with E-state index in [1.54, 1.807) is 32.0 Å². The van der Waals surface area contributed by atoms with Crippen LogP contribution < -0.4 is 19.5 Å². The van der Waals surface area contributed by atoms with Gasteiger partial charge in [-0.2, -0.15) is 0 Å². The molecule has 26 heavy (non-hydrogen) atoms. The summed E-state index contributed by atoms with van der Waals surface area (Å²) in [6, 6.07) is 9.99. The zero-order valence-electron chi connectivity index (χ0n) is 14.4. The number of nitro groups is 1. The van der Waals surface area contributed by atoms with Gasteiger partial charge < -0.3 is 19.5 Å². The molecule has 0 radical (unpaired) electrons. The van der Waals surface area contributed by atoms with Crippen molar-refractivity contribution in [3.05, 3.63) is 57.6 Å². The van der Waals surface area contributed by atoms with Gasteiger partial charge in [-0.25, -0.2) is 0 Å². The van der Waals surface area contributed by atoms with Crippen LogP contribution in [0.5, 0.6) is 17.2 Å². The van der Waals surface area contributed by atoms with Crippen molar-refractivity contribution in [3.63, 3.8) is 0 Å². The van der Waals surface area contributed by atoms with Crippen LogP contribution in [0.1, 0.15) is 18.1 Å². The number of carbonyl (C=O) groups excluding carboxylic acids is 1. The molecule has 0 aliphatic carbocycles. The highest BCUT2D eigenvalue weighted by molar-refractivity contribution is 5.80. The van der Waals surface area contributed by atoms with Crippen LogP contribution in [-0.4, -0.2) is 23.7 Å². The average Bonchev–Trinajstić information content (AvgIpc) is 3.08. The van der Waals surface area contributed by atoms with Gasteiger partial charge in [0.15, 0.2) is 23.4 Å². The second-order valence-electron chi connectivity index (χ2n) is 5.89. The lowest BCUT2D eigenvalue weighted by Crippen LogP contribution is -2.36. The molecule has 0 aromatic heterocycles. The van der Waals surface area contributed by atoms with Gasteiger partial charge in [-0.05, 0) is 43.2 Å². The SMILES string of the molecule is Cc1ccc(O[C@@H](C)C(=O)NCc2ccc3c(c2)OCO3)c([N+](=O)[O-])c1. The summed E-state index contributed by atoms with van der Waals surface area (Å²) >= 11 is 0. The van der Waals surface area contributed by atoms with E-state index in [2.05, 4.69) is 5.32 Å². The van der Waals surface area contributed by atoms with E-state index in [4.69, 9.17) is 14.2 Å². The fourth-order valence-corrected chi connectivity index (χ4v) is 2.50. The number of nitrogens with one attached hydrogen (secondary N) is 1. The number of rotatable bonds is 6. The summed E-state index contributed by atoms with van der Waals surface area (Å²) in [5, 5.41) is 13.9. The number of benzene rings is 2. The van der Waals surface area contributed by atoms with Gasteiger partial charge in [0.1, 0.15) is 0 Å². The molecule has 0 bridgehead atoms. The lowest BCUT2D eigenvalue weighted by atomic mass is 10.2. The predicted molar refractivity (Wildman–Crippen MR) is 92.3 cm³/mol. The molecular formula is C18H18N2O6. The molecule has 136 valence electrons. The maximum absolute atomic E-state index is 12.2. The zero-order chi connectivity index (χ0) is 18.7. The zero-order valence-corrected chi connectivity index (χ0v) is 14.4. The van der Waals surface area contributed by atoms with Gasteiger partial charge in [-0.1, -0.05) is 12.1 Å². The molecule has 1 aliphatic heterocycles. The maximum atomic E-state index is 12.2. The van der Waals surface area contributed by atoms with E-state index in [0.29, 0.717) is 11.5 Å². The number of nitrogens with zero attached hydrogens (tertiary/aromatic N) is 1. The second-order valence-corrected chi connectivity index (χ2v) is 5.89. The third kappa shape index (κ3) is 3.85. The molecule has 0 fully saturated rings. The molecule has 0 saturated heterocycles. The number of fused-ring (bicyclic) bond motifs is 1. The van der Waals surface area contributed by atoms with E-state index in [9.17, 15) is 14.9 Å². The van der Waals surface area contributed by atoms with Gasteiger partial charge in [0.2, 0.25) is 6.79 Å². The smallest absolute Gasteiger partial charge is 0.311 e. The molecule has 2 aromatic carbocycles. The molecule has 1 N–H and O–H groups in total. The number of ether oxygens (including phenoxy) is 3. The van der Waals surface area contributed by atoms with Crippen molar-refractivity contribution in [3.8, 4) is 17.2 Å². The van der Waals surface area contributed by atoms with Crippen molar-refractivity contribution >= 4 is 11.6 Å². The molecular weight excluding hydrogens is 340 g/mol. The molecule has 3 rings (SSSR count). The monoisotopic (exact) mass is 358 g/mol. The average molecular weight is 358 g/mol. The highest BCUT2D eigenvalue weighted by Crippen LogP contribution is 2.32. The number of carbonyl (C=O) groups is 1. The Morgan fingerprint density at radius 1 is 1.27 bits per heavy atom. The Morgan fingerprint density at radius 3 is 2.81 bits per heavy atom. The molecule has 1 atom stereocenters. The Bertz CT molecular complexity index is 852. The number of aryl methyl sites for hydroxylation is 1. The van der Waals surface area contributed by atoms with Crippen LogP contribution in [0.4, 0.5) is 5.69 Å². The van der Waals surface area contributed by atoms with Crippen LogP contribution in [0.3, 0.4) is 0 Å². The molecule has 0 spiro atoms. The quantitative estimate of drug-likeness (QED) is 0.629. The van der Waals surface area contributed by atoms with Crippen LogP contribution in [0, 0.1) is 17.0 Å². The van der Waals surface area contributed by atoms with Crippen LogP contribution in [0.2, 0.25) is 0 Å². The van der Waals surface area contributed by atoms with E-state index in [1.165, 1.54) is 12.1 Å². The lowest BCUT2D eigenvalue weighted by molar-refractivity contribution is -0.386. The normalized spacial score (nSPS) is 13.2. The standard InChI is InChI=1S/C18H18N2O6/c1-11-3-5-15(14(7-11)20(22)23)26-12(2)18(21)19-9-13-4-6-16-17(8-13)25-10-24-16/h3-8,12H,9-10H2,1-2H3,(H,19,21)/t12-/m0/s1. The van der Waals surface area contributed by atoms with E-state index < -0.39 is 11.0 Å². The Morgan fingerprint density at radius 2 is 2.04 bits per heavy atom. The highest BCUT2D eigenvalue weighted by atomic mass is 16.7. The maximum Gasteiger partial charge on any atom is 0.311 e. The van der Waals surface area contributed by atoms with Crippen LogP contribution >= 0.6 is 0 Å². The van der Waals surface area contributed by atoms with Crippen molar-refractivity contribution in [2.45, 2.75) is 26.5 Å². The molecule has 0 saturated carbocycles. The van der Waals surface area contributed by atoms with Gasteiger partial charge in [0.05, 0.1) is 4.92 Å². The summed E-state index contributed by atoms with van der Waals surface area (Å²) in [6.07, 6.45) is -0.884. The second kappa shape index (κ2) is 7.30. The van der Waals surface area contributed by atoms with Crippen LogP contribution in [-0.2, 0) is 11.3 Å². The number of hydrogen-bond acceptors (Lipinski definition) is 6. The summed E-state index contributed by atoms with van der Waals surface area (Å²) in [5.41, 5.74) is 1.42.